The van der Waals surface area contributed by atoms with Crippen LogP contribution in [-0.2, 0) is 0 Å². The van der Waals surface area contributed by atoms with E-state index >= 15 is 0 Å². The molecule has 14 heavy (non-hydrogen) atoms. The first-order valence-electron chi connectivity index (χ1n) is 5.40. The van der Waals surface area contributed by atoms with Gasteiger partial charge in [-0.15, -0.1) is 0 Å². The number of hydrogen-bond donors (Lipinski definition) is 2. The highest BCUT2D eigenvalue weighted by Gasteiger charge is 2.43. The molecule has 0 aromatic rings. The van der Waals surface area contributed by atoms with Crippen LogP contribution >= 0.6 is 0 Å². The third-order valence-corrected chi connectivity index (χ3v) is 3.81. The Kier molecular flexibility index (Phi) is 2.63. The zero-order valence-electron chi connectivity index (χ0n) is 8.35. The molecule has 1 aliphatic carbocycles. The maximum atomic E-state index is 10.8. The van der Waals surface area contributed by atoms with E-state index in [4.69, 9.17) is 10.8 Å². The van der Waals surface area contributed by atoms with Gasteiger partial charge in [-0.1, -0.05) is 0 Å². The van der Waals surface area contributed by atoms with Gasteiger partial charge in [0.05, 0.1) is 0 Å². The number of carbonyl (C=O) groups is 1. The number of nitrogens with two attached hydrogens (primary N) is 1. The van der Waals surface area contributed by atoms with Gasteiger partial charge in [-0.2, -0.15) is 0 Å². The standard InChI is InChI=1S/C10H18N2O2/c11-4-3-7-1-2-8-5-12(10(13)14)6-9(7)8/h7-9H,1-6,11H2,(H,13,14). The molecule has 1 saturated heterocycles. The van der Waals surface area contributed by atoms with Crippen LogP contribution in [0.5, 0.6) is 0 Å². The summed E-state index contributed by atoms with van der Waals surface area (Å²) in [5.74, 6) is 1.88. The highest BCUT2D eigenvalue weighted by atomic mass is 16.4. The number of nitrogens with zero attached hydrogens (tertiary/aromatic N) is 1. The van der Waals surface area contributed by atoms with Crippen molar-refractivity contribution in [2.45, 2.75) is 19.3 Å². The molecule has 1 saturated carbocycles. The number of rotatable bonds is 2. The van der Waals surface area contributed by atoms with E-state index in [1.54, 1.807) is 4.90 Å². The summed E-state index contributed by atoms with van der Waals surface area (Å²) >= 11 is 0. The lowest BCUT2D eigenvalue weighted by Gasteiger charge is -2.18. The van der Waals surface area contributed by atoms with E-state index in [2.05, 4.69) is 0 Å². The van der Waals surface area contributed by atoms with Gasteiger partial charge in [0, 0.05) is 13.1 Å². The van der Waals surface area contributed by atoms with Crippen LogP contribution in [0.25, 0.3) is 0 Å². The Hall–Kier alpha value is -0.770. The van der Waals surface area contributed by atoms with Crippen molar-refractivity contribution in [3.8, 4) is 0 Å². The molecule has 0 aromatic carbocycles. The molecule has 2 aliphatic rings. The molecule has 0 spiro atoms. The Labute approximate surface area is 84.1 Å². The highest BCUT2D eigenvalue weighted by Crippen LogP contribution is 2.43. The van der Waals surface area contributed by atoms with Crippen LogP contribution < -0.4 is 5.73 Å². The predicted molar refractivity (Wildman–Crippen MR) is 53.0 cm³/mol. The quantitative estimate of drug-likeness (QED) is 0.694. The van der Waals surface area contributed by atoms with Gasteiger partial charge in [0.2, 0.25) is 0 Å². The van der Waals surface area contributed by atoms with E-state index in [9.17, 15) is 4.79 Å². The van der Waals surface area contributed by atoms with Gasteiger partial charge in [-0.25, -0.2) is 4.79 Å². The zero-order valence-corrected chi connectivity index (χ0v) is 8.35. The monoisotopic (exact) mass is 198 g/mol. The Morgan fingerprint density at radius 1 is 1.43 bits per heavy atom. The van der Waals surface area contributed by atoms with Crippen LogP contribution in [0.3, 0.4) is 0 Å². The van der Waals surface area contributed by atoms with Gasteiger partial charge in [0.25, 0.3) is 0 Å². The molecule has 1 amide bonds. The molecule has 3 N–H and O–H groups in total. The Morgan fingerprint density at radius 2 is 2.21 bits per heavy atom. The number of fused-ring (bicyclic) bond motifs is 1. The fraction of sp³-hybridized carbons (Fsp3) is 0.900. The van der Waals surface area contributed by atoms with Crippen molar-refractivity contribution in [2.24, 2.45) is 23.5 Å². The lowest BCUT2D eigenvalue weighted by atomic mass is 9.90. The lowest BCUT2D eigenvalue weighted by molar-refractivity contribution is 0.150. The van der Waals surface area contributed by atoms with Gasteiger partial charge < -0.3 is 15.7 Å². The molecule has 1 aliphatic heterocycles. The van der Waals surface area contributed by atoms with Crippen molar-refractivity contribution in [1.82, 2.24) is 4.90 Å². The molecule has 1 heterocycles. The summed E-state index contributed by atoms with van der Waals surface area (Å²) in [6.45, 7) is 2.23. The fourth-order valence-corrected chi connectivity index (χ4v) is 3.11. The van der Waals surface area contributed by atoms with Crippen molar-refractivity contribution in [2.75, 3.05) is 19.6 Å². The number of carboxylic acid groups (broad SMARTS) is 1. The molecular weight excluding hydrogens is 180 g/mol. The van der Waals surface area contributed by atoms with Crippen LogP contribution in [0.15, 0.2) is 0 Å². The second kappa shape index (κ2) is 3.77. The SMILES string of the molecule is NCCC1CCC2CN(C(=O)O)CC12. The van der Waals surface area contributed by atoms with Crippen molar-refractivity contribution in [1.29, 1.82) is 0 Å². The van der Waals surface area contributed by atoms with E-state index < -0.39 is 6.09 Å². The molecule has 2 fully saturated rings. The average molecular weight is 198 g/mol. The van der Waals surface area contributed by atoms with Gasteiger partial charge in [-0.05, 0) is 43.6 Å². The third kappa shape index (κ3) is 1.59. The Morgan fingerprint density at radius 3 is 2.86 bits per heavy atom. The molecule has 3 atom stereocenters. The molecule has 80 valence electrons. The first kappa shape index (κ1) is 9.77. The summed E-state index contributed by atoms with van der Waals surface area (Å²) in [7, 11) is 0. The smallest absolute Gasteiger partial charge is 0.407 e. The van der Waals surface area contributed by atoms with E-state index in [0.29, 0.717) is 17.8 Å². The van der Waals surface area contributed by atoms with Crippen molar-refractivity contribution < 1.29 is 9.90 Å². The van der Waals surface area contributed by atoms with Crippen LogP contribution in [0.4, 0.5) is 4.79 Å². The summed E-state index contributed by atoms with van der Waals surface area (Å²) < 4.78 is 0. The van der Waals surface area contributed by atoms with E-state index in [0.717, 1.165) is 26.1 Å². The molecule has 3 unspecified atom stereocenters. The van der Waals surface area contributed by atoms with Crippen molar-refractivity contribution in [3.05, 3.63) is 0 Å². The summed E-state index contributed by atoms with van der Waals surface area (Å²) in [5, 5.41) is 8.89. The van der Waals surface area contributed by atoms with Gasteiger partial charge in [0.15, 0.2) is 0 Å². The summed E-state index contributed by atoms with van der Waals surface area (Å²) in [6, 6.07) is 0. The van der Waals surface area contributed by atoms with E-state index in [1.165, 1.54) is 12.8 Å². The normalized spacial score (nSPS) is 36.1. The molecule has 4 heteroatoms. The number of hydrogen-bond acceptors (Lipinski definition) is 2. The minimum Gasteiger partial charge on any atom is -0.465 e. The molecule has 0 aromatic heterocycles. The summed E-state index contributed by atoms with van der Waals surface area (Å²) in [6.07, 6.45) is 2.75. The Balaban J connectivity index is 1.96. The van der Waals surface area contributed by atoms with Crippen LogP contribution in [0, 0.1) is 17.8 Å². The van der Waals surface area contributed by atoms with Crippen LogP contribution in [0.2, 0.25) is 0 Å². The highest BCUT2D eigenvalue weighted by molar-refractivity contribution is 5.65. The molecule has 0 bridgehead atoms. The van der Waals surface area contributed by atoms with Gasteiger partial charge >= 0.3 is 6.09 Å². The predicted octanol–water partition coefficient (Wildman–Crippen LogP) is 0.971. The van der Waals surface area contributed by atoms with Crippen LogP contribution in [-0.4, -0.2) is 35.7 Å². The third-order valence-electron chi connectivity index (χ3n) is 3.81. The topological polar surface area (TPSA) is 66.6 Å². The second-order valence-corrected chi connectivity index (χ2v) is 4.53. The van der Waals surface area contributed by atoms with Crippen LogP contribution in [0.1, 0.15) is 19.3 Å². The van der Waals surface area contributed by atoms with E-state index in [1.807, 2.05) is 0 Å². The summed E-state index contributed by atoms with van der Waals surface area (Å²) in [4.78, 5) is 12.4. The zero-order chi connectivity index (χ0) is 10.1. The fourth-order valence-electron chi connectivity index (χ4n) is 3.11. The Bertz CT molecular complexity index is 230. The van der Waals surface area contributed by atoms with Crippen molar-refractivity contribution >= 4 is 6.09 Å². The first-order valence-corrected chi connectivity index (χ1v) is 5.40. The molecular formula is C10H18N2O2. The van der Waals surface area contributed by atoms with Crippen molar-refractivity contribution in [3.63, 3.8) is 0 Å². The largest absolute Gasteiger partial charge is 0.465 e. The molecule has 4 nitrogen and oxygen atoms in total. The van der Waals surface area contributed by atoms with Gasteiger partial charge in [-0.3, -0.25) is 0 Å². The molecule has 2 rings (SSSR count). The molecule has 0 radical (unpaired) electrons. The minimum absolute atomic E-state index is 0.592. The second-order valence-electron chi connectivity index (χ2n) is 4.53. The lowest BCUT2D eigenvalue weighted by Crippen LogP contribution is -2.28. The first-order chi connectivity index (χ1) is 6.72. The van der Waals surface area contributed by atoms with Gasteiger partial charge in [0.1, 0.15) is 0 Å². The minimum atomic E-state index is -0.758. The maximum absolute atomic E-state index is 10.8. The average Bonchev–Trinajstić information content (AvgIpc) is 2.67. The number of amides is 1. The van der Waals surface area contributed by atoms with E-state index in [-0.39, 0.29) is 0 Å². The number of likely N-dealkylation sites (tertiary alicyclic amines) is 1. The summed E-state index contributed by atoms with van der Waals surface area (Å²) in [5.41, 5.74) is 5.56. The maximum Gasteiger partial charge on any atom is 0.407 e.